The van der Waals surface area contributed by atoms with E-state index in [9.17, 15) is 14.0 Å². The summed E-state index contributed by atoms with van der Waals surface area (Å²) in [4.78, 5) is 26.1. The molecule has 4 rings (SSSR count). The number of amides is 2. The summed E-state index contributed by atoms with van der Waals surface area (Å²) in [6.07, 6.45) is 5.04. The monoisotopic (exact) mass is 257 g/mol. The summed E-state index contributed by atoms with van der Waals surface area (Å²) in [6.45, 7) is 0. The molecule has 0 N–H and O–H groups in total. The van der Waals surface area contributed by atoms with Crippen molar-refractivity contribution < 1.29 is 14.0 Å². The van der Waals surface area contributed by atoms with E-state index >= 15 is 0 Å². The molecule has 0 aromatic heterocycles. The Kier molecular flexibility index (Phi) is 2.03. The van der Waals surface area contributed by atoms with E-state index in [1.165, 1.54) is 29.2 Å². The second-order valence-electron chi connectivity index (χ2n) is 5.49. The maximum absolute atomic E-state index is 12.9. The highest BCUT2D eigenvalue weighted by molar-refractivity contribution is 6.22. The molecule has 4 atom stereocenters. The minimum absolute atomic E-state index is 0.126. The molecular weight excluding hydrogens is 245 g/mol. The smallest absolute Gasteiger partial charge is 0.238 e. The standard InChI is InChI=1S/C15H12FNO2/c16-10-3-5-11(6-4-10)17-14(18)12-8-1-2-9(7-8)13(12)15(17)19/h1-6,8-9,12-13H,7H2/t8-,9+,12+,13-. The van der Waals surface area contributed by atoms with Gasteiger partial charge in [-0.05, 0) is 42.5 Å². The summed E-state index contributed by atoms with van der Waals surface area (Å²) in [5.74, 6) is -0.615. The van der Waals surface area contributed by atoms with Crippen LogP contribution >= 0.6 is 0 Å². The van der Waals surface area contributed by atoms with Crippen molar-refractivity contribution in [2.24, 2.45) is 23.7 Å². The van der Waals surface area contributed by atoms with Gasteiger partial charge < -0.3 is 0 Å². The van der Waals surface area contributed by atoms with Gasteiger partial charge in [-0.25, -0.2) is 4.39 Å². The molecule has 2 aliphatic carbocycles. The Bertz CT molecular complexity index is 577. The molecule has 0 unspecified atom stereocenters. The van der Waals surface area contributed by atoms with Gasteiger partial charge in [-0.15, -0.1) is 0 Å². The molecule has 4 heteroatoms. The van der Waals surface area contributed by atoms with Crippen molar-refractivity contribution in [3.63, 3.8) is 0 Å². The second-order valence-corrected chi connectivity index (χ2v) is 5.49. The minimum atomic E-state index is -0.371. The summed E-state index contributed by atoms with van der Waals surface area (Å²) in [6, 6.07) is 5.52. The van der Waals surface area contributed by atoms with Crippen LogP contribution in [0.1, 0.15) is 6.42 Å². The number of anilines is 1. The summed E-state index contributed by atoms with van der Waals surface area (Å²) < 4.78 is 12.9. The molecule has 96 valence electrons. The van der Waals surface area contributed by atoms with Crippen LogP contribution < -0.4 is 4.90 Å². The van der Waals surface area contributed by atoms with Crippen LogP contribution in [0.3, 0.4) is 0 Å². The van der Waals surface area contributed by atoms with E-state index in [2.05, 4.69) is 12.2 Å². The van der Waals surface area contributed by atoms with Crippen molar-refractivity contribution in [2.45, 2.75) is 6.42 Å². The zero-order valence-corrected chi connectivity index (χ0v) is 10.1. The van der Waals surface area contributed by atoms with Gasteiger partial charge in [0.15, 0.2) is 0 Å². The van der Waals surface area contributed by atoms with E-state index in [0.717, 1.165) is 6.42 Å². The van der Waals surface area contributed by atoms with E-state index in [4.69, 9.17) is 0 Å². The minimum Gasteiger partial charge on any atom is -0.274 e. The van der Waals surface area contributed by atoms with Crippen LogP contribution in [0.5, 0.6) is 0 Å². The lowest BCUT2D eigenvalue weighted by Crippen LogP contribution is -2.32. The van der Waals surface area contributed by atoms with Crippen LogP contribution in [-0.4, -0.2) is 11.8 Å². The fourth-order valence-electron chi connectivity index (χ4n) is 3.75. The average molecular weight is 257 g/mol. The van der Waals surface area contributed by atoms with Crippen LogP contribution in [-0.2, 0) is 9.59 Å². The molecule has 2 amide bonds. The Labute approximate surface area is 109 Å². The summed E-state index contributed by atoms with van der Waals surface area (Å²) in [5.41, 5.74) is 0.477. The van der Waals surface area contributed by atoms with Crippen molar-refractivity contribution in [3.05, 3.63) is 42.2 Å². The van der Waals surface area contributed by atoms with Crippen LogP contribution in [0.15, 0.2) is 36.4 Å². The van der Waals surface area contributed by atoms with Crippen LogP contribution in [0.2, 0.25) is 0 Å². The Morgan fingerprint density at radius 1 is 0.947 bits per heavy atom. The molecule has 1 aromatic rings. The van der Waals surface area contributed by atoms with E-state index in [1.807, 2.05) is 0 Å². The number of nitrogens with zero attached hydrogens (tertiary/aromatic N) is 1. The topological polar surface area (TPSA) is 37.4 Å². The highest BCUT2D eigenvalue weighted by Gasteiger charge is 2.59. The zero-order valence-electron chi connectivity index (χ0n) is 10.1. The quantitative estimate of drug-likeness (QED) is 0.571. The van der Waals surface area contributed by atoms with Crippen molar-refractivity contribution in [2.75, 3.05) is 4.90 Å². The first-order valence-corrected chi connectivity index (χ1v) is 6.48. The number of hydrogen-bond acceptors (Lipinski definition) is 2. The van der Waals surface area contributed by atoms with Crippen molar-refractivity contribution in [1.82, 2.24) is 0 Å². The molecule has 3 nitrogen and oxygen atoms in total. The average Bonchev–Trinajstić information content (AvgIpc) is 3.06. The molecule has 2 fully saturated rings. The van der Waals surface area contributed by atoms with Gasteiger partial charge in [-0.2, -0.15) is 0 Å². The van der Waals surface area contributed by atoms with Gasteiger partial charge in [-0.3, -0.25) is 14.5 Å². The Balaban J connectivity index is 1.74. The maximum Gasteiger partial charge on any atom is 0.238 e. The molecule has 1 aliphatic heterocycles. The van der Waals surface area contributed by atoms with E-state index in [1.54, 1.807) is 0 Å². The number of hydrogen-bond donors (Lipinski definition) is 0. The van der Waals surface area contributed by atoms with Crippen LogP contribution in [0, 0.1) is 29.5 Å². The number of carbonyl (C=O) groups excluding carboxylic acids is 2. The van der Waals surface area contributed by atoms with Gasteiger partial charge in [0.05, 0.1) is 17.5 Å². The van der Waals surface area contributed by atoms with Crippen LogP contribution in [0.4, 0.5) is 10.1 Å². The van der Waals surface area contributed by atoms with E-state index in [-0.39, 0.29) is 41.3 Å². The molecule has 1 aromatic carbocycles. The predicted molar refractivity (Wildman–Crippen MR) is 66.6 cm³/mol. The Hall–Kier alpha value is -1.97. The van der Waals surface area contributed by atoms with Gasteiger partial charge in [0, 0.05) is 0 Å². The van der Waals surface area contributed by atoms with Crippen molar-refractivity contribution in [3.8, 4) is 0 Å². The molecule has 1 heterocycles. The summed E-state index contributed by atoms with van der Waals surface area (Å²) in [5, 5.41) is 0. The van der Waals surface area contributed by atoms with Gasteiger partial charge in [0.2, 0.25) is 11.8 Å². The summed E-state index contributed by atoms with van der Waals surface area (Å²) in [7, 11) is 0. The number of allylic oxidation sites excluding steroid dienone is 2. The SMILES string of the molecule is O=C1[C@@H]2[C@H](C(=O)N1c1ccc(F)cc1)[C@H]1C=C[C@@H]2C1. The normalized spacial score (nSPS) is 35.3. The van der Waals surface area contributed by atoms with Crippen LogP contribution in [0.25, 0.3) is 0 Å². The first kappa shape index (κ1) is 10.9. The first-order chi connectivity index (χ1) is 9.16. The highest BCUT2D eigenvalue weighted by Crippen LogP contribution is 2.53. The number of rotatable bonds is 1. The lowest BCUT2D eigenvalue weighted by atomic mass is 9.85. The Morgan fingerprint density at radius 3 is 2.00 bits per heavy atom. The van der Waals surface area contributed by atoms with Crippen molar-refractivity contribution >= 4 is 17.5 Å². The molecular formula is C15H12FNO2. The lowest BCUT2D eigenvalue weighted by molar-refractivity contribution is -0.123. The van der Waals surface area contributed by atoms with Gasteiger partial charge in [-0.1, -0.05) is 12.2 Å². The largest absolute Gasteiger partial charge is 0.274 e. The third-order valence-electron chi connectivity index (χ3n) is 4.56. The third-order valence-corrected chi connectivity index (χ3v) is 4.56. The first-order valence-electron chi connectivity index (χ1n) is 6.48. The van der Waals surface area contributed by atoms with Gasteiger partial charge >= 0.3 is 0 Å². The molecule has 1 saturated carbocycles. The number of carbonyl (C=O) groups is 2. The molecule has 0 radical (unpaired) electrons. The maximum atomic E-state index is 12.9. The molecule has 19 heavy (non-hydrogen) atoms. The molecule has 0 spiro atoms. The van der Waals surface area contributed by atoms with E-state index in [0.29, 0.717) is 5.69 Å². The lowest BCUT2D eigenvalue weighted by Gasteiger charge is -2.17. The fourth-order valence-corrected chi connectivity index (χ4v) is 3.75. The fraction of sp³-hybridized carbons (Fsp3) is 0.333. The predicted octanol–water partition coefficient (Wildman–Crippen LogP) is 2.14. The summed E-state index contributed by atoms with van der Waals surface area (Å²) >= 11 is 0. The number of imide groups is 1. The van der Waals surface area contributed by atoms with E-state index < -0.39 is 0 Å². The molecule has 3 aliphatic rings. The molecule has 2 bridgehead atoms. The van der Waals surface area contributed by atoms with Gasteiger partial charge in [0.1, 0.15) is 5.82 Å². The highest BCUT2D eigenvalue weighted by atomic mass is 19.1. The number of fused-ring (bicyclic) bond motifs is 5. The van der Waals surface area contributed by atoms with Gasteiger partial charge in [0.25, 0.3) is 0 Å². The van der Waals surface area contributed by atoms with Crippen molar-refractivity contribution in [1.29, 1.82) is 0 Å². The third kappa shape index (κ3) is 1.31. The number of benzene rings is 1. The Morgan fingerprint density at radius 2 is 1.47 bits per heavy atom. The second kappa shape index (κ2) is 3.53. The zero-order chi connectivity index (χ0) is 13.1. The number of halogens is 1. The molecule has 1 saturated heterocycles.